The van der Waals surface area contributed by atoms with E-state index in [0.717, 1.165) is 24.0 Å². The van der Waals surface area contributed by atoms with Gasteiger partial charge in [0.25, 0.3) is 5.91 Å². The Hall–Kier alpha value is -1.38. The van der Waals surface area contributed by atoms with Gasteiger partial charge in [-0.25, -0.2) is 0 Å². The van der Waals surface area contributed by atoms with Gasteiger partial charge in [-0.1, -0.05) is 12.8 Å². The molecule has 1 amide bonds. The van der Waals surface area contributed by atoms with Crippen LogP contribution in [0.1, 0.15) is 41.6 Å². The monoisotopic (exact) mass is 204 g/mol. The normalized spacial score (nSPS) is 16.6. The second kappa shape index (κ2) is 4.43. The van der Waals surface area contributed by atoms with Crippen LogP contribution in [0.15, 0.2) is 18.5 Å². The predicted molar refractivity (Wildman–Crippen MR) is 58.7 cm³/mol. The highest BCUT2D eigenvalue weighted by molar-refractivity contribution is 5.95. The van der Waals surface area contributed by atoms with Crippen LogP contribution in [0.3, 0.4) is 0 Å². The van der Waals surface area contributed by atoms with Crippen molar-refractivity contribution in [3.63, 3.8) is 0 Å². The fraction of sp³-hybridized carbons (Fsp3) is 0.500. The summed E-state index contributed by atoms with van der Waals surface area (Å²) in [5.41, 5.74) is 1.69. The third kappa shape index (κ3) is 2.35. The summed E-state index contributed by atoms with van der Waals surface area (Å²) in [6, 6.07) is 2.16. The standard InChI is InChI=1S/C12H16N2O/c1-9-8-13-7-6-11(9)12(15)14-10-4-2-3-5-10/h6-8,10H,2-5H2,1H3,(H,14,15). The van der Waals surface area contributed by atoms with E-state index in [4.69, 9.17) is 0 Å². The Balaban J connectivity index is 2.04. The van der Waals surface area contributed by atoms with Crippen molar-refractivity contribution >= 4 is 5.91 Å². The first-order valence-corrected chi connectivity index (χ1v) is 5.49. The number of aryl methyl sites for hydroxylation is 1. The van der Waals surface area contributed by atoms with E-state index >= 15 is 0 Å². The Kier molecular flexibility index (Phi) is 2.99. The number of carbonyl (C=O) groups excluding carboxylic acids is 1. The van der Waals surface area contributed by atoms with Gasteiger partial charge in [-0.3, -0.25) is 9.78 Å². The zero-order chi connectivity index (χ0) is 10.7. The van der Waals surface area contributed by atoms with Crippen molar-refractivity contribution in [3.8, 4) is 0 Å². The Morgan fingerprint density at radius 1 is 1.47 bits per heavy atom. The van der Waals surface area contributed by atoms with E-state index in [9.17, 15) is 4.79 Å². The Morgan fingerprint density at radius 2 is 2.20 bits per heavy atom. The van der Waals surface area contributed by atoms with Crippen molar-refractivity contribution < 1.29 is 4.79 Å². The molecule has 0 unspecified atom stereocenters. The third-order valence-electron chi connectivity index (χ3n) is 2.96. The van der Waals surface area contributed by atoms with Crippen LogP contribution in [-0.2, 0) is 0 Å². The van der Waals surface area contributed by atoms with E-state index in [0.29, 0.717) is 6.04 Å². The molecule has 0 atom stereocenters. The van der Waals surface area contributed by atoms with Crippen LogP contribution in [0.25, 0.3) is 0 Å². The molecule has 0 aromatic carbocycles. The summed E-state index contributed by atoms with van der Waals surface area (Å²) >= 11 is 0. The van der Waals surface area contributed by atoms with Crippen LogP contribution in [0, 0.1) is 6.92 Å². The highest BCUT2D eigenvalue weighted by Gasteiger charge is 2.18. The molecule has 1 aliphatic carbocycles. The highest BCUT2D eigenvalue weighted by atomic mass is 16.1. The van der Waals surface area contributed by atoms with Gasteiger partial charge in [0.15, 0.2) is 0 Å². The molecule has 80 valence electrons. The number of hydrogen-bond donors (Lipinski definition) is 1. The minimum Gasteiger partial charge on any atom is -0.349 e. The summed E-state index contributed by atoms with van der Waals surface area (Å²) < 4.78 is 0. The molecule has 1 fully saturated rings. The van der Waals surface area contributed by atoms with Crippen molar-refractivity contribution in [2.24, 2.45) is 0 Å². The van der Waals surface area contributed by atoms with Gasteiger partial charge in [0.1, 0.15) is 0 Å². The molecular formula is C12H16N2O. The maximum Gasteiger partial charge on any atom is 0.251 e. The van der Waals surface area contributed by atoms with Gasteiger partial charge >= 0.3 is 0 Å². The minimum atomic E-state index is 0.0433. The van der Waals surface area contributed by atoms with Crippen LogP contribution in [0.4, 0.5) is 0 Å². The summed E-state index contributed by atoms with van der Waals surface area (Å²) in [6.45, 7) is 1.91. The molecule has 15 heavy (non-hydrogen) atoms. The lowest BCUT2D eigenvalue weighted by Crippen LogP contribution is -2.33. The summed E-state index contributed by atoms with van der Waals surface area (Å²) in [6.07, 6.45) is 8.10. The average Bonchev–Trinajstić information content (AvgIpc) is 2.71. The van der Waals surface area contributed by atoms with Crippen molar-refractivity contribution in [1.82, 2.24) is 10.3 Å². The Labute approximate surface area is 89.9 Å². The molecule has 1 N–H and O–H groups in total. The molecule has 1 aromatic heterocycles. The van der Waals surface area contributed by atoms with Crippen LogP contribution >= 0.6 is 0 Å². The van der Waals surface area contributed by atoms with Crippen LogP contribution in [0.5, 0.6) is 0 Å². The predicted octanol–water partition coefficient (Wildman–Crippen LogP) is 2.06. The lowest BCUT2D eigenvalue weighted by Gasteiger charge is -2.12. The number of pyridine rings is 1. The Morgan fingerprint density at radius 3 is 2.87 bits per heavy atom. The maximum absolute atomic E-state index is 11.9. The quantitative estimate of drug-likeness (QED) is 0.801. The van der Waals surface area contributed by atoms with Gasteiger partial charge < -0.3 is 5.32 Å². The first-order valence-electron chi connectivity index (χ1n) is 5.49. The number of aromatic nitrogens is 1. The zero-order valence-corrected chi connectivity index (χ0v) is 8.99. The summed E-state index contributed by atoms with van der Waals surface area (Å²) in [7, 11) is 0. The van der Waals surface area contributed by atoms with Crippen LogP contribution in [-0.4, -0.2) is 16.9 Å². The lowest BCUT2D eigenvalue weighted by molar-refractivity contribution is 0.0937. The van der Waals surface area contributed by atoms with E-state index in [2.05, 4.69) is 10.3 Å². The van der Waals surface area contributed by atoms with E-state index in [1.54, 1.807) is 18.5 Å². The molecule has 3 heteroatoms. The number of rotatable bonds is 2. The van der Waals surface area contributed by atoms with E-state index in [1.807, 2.05) is 6.92 Å². The summed E-state index contributed by atoms with van der Waals surface area (Å²) in [5, 5.41) is 3.07. The number of nitrogens with zero attached hydrogens (tertiary/aromatic N) is 1. The van der Waals surface area contributed by atoms with Gasteiger partial charge in [-0.05, 0) is 31.4 Å². The van der Waals surface area contributed by atoms with Gasteiger partial charge in [-0.2, -0.15) is 0 Å². The van der Waals surface area contributed by atoms with E-state index in [-0.39, 0.29) is 5.91 Å². The third-order valence-corrected chi connectivity index (χ3v) is 2.96. The summed E-state index contributed by atoms with van der Waals surface area (Å²) in [4.78, 5) is 15.9. The Bertz CT molecular complexity index is 356. The molecule has 0 saturated heterocycles. The molecule has 0 radical (unpaired) electrons. The number of amides is 1. The first-order chi connectivity index (χ1) is 7.27. The van der Waals surface area contributed by atoms with Crippen molar-refractivity contribution in [2.45, 2.75) is 38.6 Å². The molecule has 3 nitrogen and oxygen atoms in total. The van der Waals surface area contributed by atoms with E-state index in [1.165, 1.54) is 12.8 Å². The topological polar surface area (TPSA) is 42.0 Å². The highest BCUT2D eigenvalue weighted by Crippen LogP contribution is 2.18. The molecule has 0 bridgehead atoms. The molecule has 0 aliphatic heterocycles. The fourth-order valence-corrected chi connectivity index (χ4v) is 2.06. The smallest absolute Gasteiger partial charge is 0.251 e. The van der Waals surface area contributed by atoms with Gasteiger partial charge in [0.2, 0.25) is 0 Å². The molecule has 1 aliphatic rings. The second-order valence-corrected chi connectivity index (χ2v) is 4.15. The number of carbonyl (C=O) groups is 1. The lowest BCUT2D eigenvalue weighted by atomic mass is 10.1. The molecule has 0 spiro atoms. The minimum absolute atomic E-state index is 0.0433. The number of nitrogens with one attached hydrogen (secondary N) is 1. The molecule has 1 heterocycles. The van der Waals surface area contributed by atoms with Crippen LogP contribution in [0.2, 0.25) is 0 Å². The SMILES string of the molecule is Cc1cnccc1C(=O)NC1CCCC1. The van der Waals surface area contributed by atoms with Gasteiger partial charge in [0, 0.05) is 24.0 Å². The largest absolute Gasteiger partial charge is 0.349 e. The van der Waals surface area contributed by atoms with Crippen molar-refractivity contribution in [1.29, 1.82) is 0 Å². The second-order valence-electron chi connectivity index (χ2n) is 4.15. The van der Waals surface area contributed by atoms with Crippen molar-refractivity contribution in [3.05, 3.63) is 29.6 Å². The average molecular weight is 204 g/mol. The number of hydrogen-bond acceptors (Lipinski definition) is 2. The van der Waals surface area contributed by atoms with Gasteiger partial charge in [0.05, 0.1) is 0 Å². The van der Waals surface area contributed by atoms with Crippen molar-refractivity contribution in [2.75, 3.05) is 0 Å². The zero-order valence-electron chi connectivity index (χ0n) is 8.99. The van der Waals surface area contributed by atoms with Gasteiger partial charge in [-0.15, -0.1) is 0 Å². The molecule has 1 saturated carbocycles. The van der Waals surface area contributed by atoms with Crippen LogP contribution < -0.4 is 5.32 Å². The molecule has 2 rings (SSSR count). The fourth-order valence-electron chi connectivity index (χ4n) is 2.06. The summed E-state index contributed by atoms with van der Waals surface area (Å²) in [5.74, 6) is 0.0433. The maximum atomic E-state index is 11.9. The van der Waals surface area contributed by atoms with E-state index < -0.39 is 0 Å². The molecule has 1 aromatic rings. The molecular weight excluding hydrogens is 188 g/mol. The first kappa shape index (κ1) is 10.1.